The number of ether oxygens (including phenoxy) is 1. The lowest BCUT2D eigenvalue weighted by Crippen LogP contribution is -2.38. The maximum absolute atomic E-state index is 13.1. The highest BCUT2D eigenvalue weighted by atomic mass is 32.2. The van der Waals surface area contributed by atoms with Crippen molar-refractivity contribution >= 4 is 33.2 Å². The number of anilines is 2. The minimum absolute atomic E-state index is 0.0198. The number of amides is 3. The van der Waals surface area contributed by atoms with E-state index < -0.39 is 38.2 Å². The van der Waals surface area contributed by atoms with Gasteiger partial charge in [-0.25, -0.2) is 18.1 Å². The first-order valence-corrected chi connectivity index (χ1v) is 11.8. The average Bonchev–Trinajstić information content (AvgIpc) is 3.02. The van der Waals surface area contributed by atoms with Crippen LogP contribution in [0.1, 0.15) is 12.5 Å². The van der Waals surface area contributed by atoms with E-state index in [1.807, 2.05) is 0 Å². The minimum atomic E-state index is -5.54. The third-order valence-corrected chi connectivity index (χ3v) is 7.27. The highest BCUT2D eigenvalue weighted by Gasteiger charge is 2.47. The molecule has 0 saturated carbocycles. The second kappa shape index (κ2) is 8.87. The summed E-state index contributed by atoms with van der Waals surface area (Å²) in [7, 11) is -5.54. The van der Waals surface area contributed by atoms with Crippen LogP contribution in [0.5, 0.6) is 0 Å². The Kier molecular flexibility index (Phi) is 6.25. The average molecular weight is 498 g/mol. The number of imide groups is 1. The largest absolute Gasteiger partial charge is 0.501 e. The van der Waals surface area contributed by atoms with Crippen LogP contribution >= 0.6 is 0 Å². The lowest BCUT2D eigenvalue weighted by Gasteiger charge is -2.31. The molecule has 1 atom stereocenters. The molecular weight excluding hydrogens is 477 g/mol. The first-order chi connectivity index (χ1) is 16.0. The number of urea groups is 1. The van der Waals surface area contributed by atoms with Gasteiger partial charge < -0.3 is 14.5 Å². The predicted molar refractivity (Wildman–Crippen MR) is 115 cm³/mol. The molecule has 2 aliphatic rings. The van der Waals surface area contributed by atoms with Crippen molar-refractivity contribution in [1.82, 2.24) is 9.88 Å². The van der Waals surface area contributed by atoms with Gasteiger partial charge in [0.2, 0.25) is 0 Å². The summed E-state index contributed by atoms with van der Waals surface area (Å²) in [5, 5.41) is 0. The molecular formula is C21H21F3N4O5S. The van der Waals surface area contributed by atoms with E-state index in [-0.39, 0.29) is 12.2 Å². The molecule has 2 saturated heterocycles. The summed E-state index contributed by atoms with van der Waals surface area (Å²) in [5.74, 6) is -0.571. The molecule has 2 aliphatic heterocycles. The molecule has 3 amide bonds. The lowest BCUT2D eigenvalue weighted by molar-refractivity contribution is -0.119. The van der Waals surface area contributed by atoms with E-state index >= 15 is 0 Å². The van der Waals surface area contributed by atoms with Gasteiger partial charge in [-0.05, 0) is 42.8 Å². The Hall–Kier alpha value is -3.19. The Bertz CT molecular complexity index is 1200. The Morgan fingerprint density at radius 1 is 1.09 bits per heavy atom. The van der Waals surface area contributed by atoms with Crippen molar-refractivity contribution in [3.8, 4) is 0 Å². The molecule has 2 aromatic rings. The van der Waals surface area contributed by atoms with Gasteiger partial charge in [-0.2, -0.15) is 13.2 Å². The predicted octanol–water partition coefficient (Wildman–Crippen LogP) is 2.57. The third-order valence-electron chi connectivity index (χ3n) is 5.77. The Labute approximate surface area is 193 Å². The first kappa shape index (κ1) is 24.0. The van der Waals surface area contributed by atoms with Crippen LogP contribution in [-0.2, 0) is 25.9 Å². The Balaban J connectivity index is 1.58. The number of nitrogens with zero attached hydrogens (tertiary/aromatic N) is 4. The van der Waals surface area contributed by atoms with Crippen LogP contribution in [0.15, 0.2) is 47.6 Å². The van der Waals surface area contributed by atoms with Crippen LogP contribution in [0, 0.1) is 0 Å². The molecule has 0 bridgehead atoms. The molecule has 34 heavy (non-hydrogen) atoms. The van der Waals surface area contributed by atoms with Crippen LogP contribution in [0.2, 0.25) is 0 Å². The van der Waals surface area contributed by atoms with Gasteiger partial charge in [0.15, 0.2) is 0 Å². The summed E-state index contributed by atoms with van der Waals surface area (Å²) in [6.45, 7) is 4.08. The molecule has 13 heteroatoms. The molecule has 4 rings (SSSR count). The number of hydrogen-bond acceptors (Lipinski definition) is 7. The number of halogens is 3. The number of hydrogen-bond donors (Lipinski definition) is 0. The van der Waals surface area contributed by atoms with Crippen LogP contribution < -0.4 is 9.80 Å². The van der Waals surface area contributed by atoms with Crippen LogP contribution in [0.4, 0.5) is 29.3 Å². The lowest BCUT2D eigenvalue weighted by atomic mass is 10.1. The van der Waals surface area contributed by atoms with Crippen molar-refractivity contribution < 1.29 is 35.9 Å². The molecule has 1 aromatic carbocycles. The summed E-state index contributed by atoms with van der Waals surface area (Å²) < 4.78 is 66.9. The summed E-state index contributed by atoms with van der Waals surface area (Å²) in [6, 6.07) is 3.74. The standard InChI is InChI=1S/C21H21F3N4O5S/c1-14-19(29)28(16-2-4-17(5-3-16)34(31,32)21(22,23)24)20(30)27(14)13-15-6-7-25-12-18(15)26-8-10-33-11-9-26/h2-7,12,14H,8-11,13H2,1H3. The molecule has 1 aromatic heterocycles. The second-order valence-corrected chi connectivity index (χ2v) is 9.75. The summed E-state index contributed by atoms with van der Waals surface area (Å²) in [5.41, 5.74) is -3.88. The van der Waals surface area contributed by atoms with Crippen molar-refractivity contribution in [2.45, 2.75) is 29.9 Å². The quantitative estimate of drug-likeness (QED) is 0.584. The van der Waals surface area contributed by atoms with Crippen molar-refractivity contribution in [2.75, 3.05) is 36.1 Å². The maximum Gasteiger partial charge on any atom is 0.501 e. The Morgan fingerprint density at radius 3 is 2.35 bits per heavy atom. The highest BCUT2D eigenvalue weighted by molar-refractivity contribution is 7.92. The van der Waals surface area contributed by atoms with Gasteiger partial charge in [0, 0.05) is 19.3 Å². The molecule has 3 heterocycles. The number of alkyl halides is 3. The SMILES string of the molecule is CC1C(=O)N(c2ccc(S(=O)(=O)C(F)(F)F)cc2)C(=O)N1Cc1ccncc1N1CCOCC1. The smallest absolute Gasteiger partial charge is 0.378 e. The zero-order chi connectivity index (χ0) is 24.7. The van der Waals surface area contributed by atoms with E-state index in [2.05, 4.69) is 9.88 Å². The molecule has 9 nitrogen and oxygen atoms in total. The van der Waals surface area contributed by atoms with Gasteiger partial charge in [0.05, 0.1) is 42.2 Å². The molecule has 0 aliphatic carbocycles. The van der Waals surface area contributed by atoms with E-state index in [4.69, 9.17) is 4.74 Å². The minimum Gasteiger partial charge on any atom is -0.378 e. The topological polar surface area (TPSA) is 100 Å². The monoisotopic (exact) mass is 498 g/mol. The van der Waals surface area contributed by atoms with E-state index in [9.17, 15) is 31.2 Å². The molecule has 0 radical (unpaired) electrons. The second-order valence-electron chi connectivity index (χ2n) is 7.81. The summed E-state index contributed by atoms with van der Waals surface area (Å²) in [4.78, 5) is 33.5. The van der Waals surface area contributed by atoms with E-state index in [0.717, 1.165) is 40.4 Å². The van der Waals surface area contributed by atoms with Gasteiger partial charge in [0.1, 0.15) is 6.04 Å². The maximum atomic E-state index is 13.1. The zero-order valence-corrected chi connectivity index (χ0v) is 18.8. The van der Waals surface area contributed by atoms with E-state index in [1.54, 1.807) is 25.4 Å². The van der Waals surface area contributed by atoms with Gasteiger partial charge in [0.25, 0.3) is 15.7 Å². The zero-order valence-electron chi connectivity index (χ0n) is 18.0. The number of carbonyl (C=O) groups is 2. The first-order valence-electron chi connectivity index (χ1n) is 10.3. The molecule has 182 valence electrons. The number of rotatable bonds is 5. The van der Waals surface area contributed by atoms with Crippen LogP contribution in [0.3, 0.4) is 0 Å². The van der Waals surface area contributed by atoms with Gasteiger partial charge in [-0.15, -0.1) is 0 Å². The van der Waals surface area contributed by atoms with Crippen LogP contribution in [0.25, 0.3) is 0 Å². The number of carbonyl (C=O) groups excluding carboxylic acids is 2. The normalized spacial score (nSPS) is 19.8. The third kappa shape index (κ3) is 4.20. The number of sulfone groups is 1. The van der Waals surface area contributed by atoms with Crippen molar-refractivity contribution in [2.24, 2.45) is 0 Å². The number of morpholine rings is 1. The Morgan fingerprint density at radius 2 is 1.74 bits per heavy atom. The van der Waals surface area contributed by atoms with Crippen molar-refractivity contribution in [3.05, 3.63) is 48.3 Å². The van der Waals surface area contributed by atoms with E-state index in [1.165, 1.54) is 4.90 Å². The highest BCUT2D eigenvalue weighted by Crippen LogP contribution is 2.33. The van der Waals surface area contributed by atoms with Crippen LogP contribution in [-0.4, -0.2) is 68.1 Å². The van der Waals surface area contributed by atoms with Gasteiger partial charge >= 0.3 is 11.5 Å². The number of pyridine rings is 1. The fraction of sp³-hybridized carbons (Fsp3) is 0.381. The fourth-order valence-corrected chi connectivity index (χ4v) is 4.64. The van der Waals surface area contributed by atoms with E-state index in [0.29, 0.717) is 26.3 Å². The number of benzene rings is 1. The molecule has 0 N–H and O–H groups in total. The summed E-state index contributed by atoms with van der Waals surface area (Å²) >= 11 is 0. The molecule has 1 unspecified atom stereocenters. The fourth-order valence-electron chi connectivity index (χ4n) is 3.88. The molecule has 0 spiro atoms. The van der Waals surface area contributed by atoms with Crippen molar-refractivity contribution in [1.29, 1.82) is 0 Å². The number of aromatic nitrogens is 1. The van der Waals surface area contributed by atoms with Gasteiger partial charge in [-0.3, -0.25) is 9.78 Å². The van der Waals surface area contributed by atoms with Crippen molar-refractivity contribution in [3.63, 3.8) is 0 Å². The summed E-state index contributed by atoms with van der Waals surface area (Å²) in [6.07, 6.45) is 3.27. The molecule has 2 fully saturated rings. The van der Waals surface area contributed by atoms with Gasteiger partial charge in [-0.1, -0.05) is 0 Å².